The van der Waals surface area contributed by atoms with Crippen LogP contribution in [0.2, 0.25) is 23.4 Å². The molecule has 0 aliphatic carbocycles. The molecule has 15 heteroatoms. The van der Waals surface area contributed by atoms with E-state index in [2.05, 4.69) is 9.72 Å². The number of aromatic nitrogens is 2. The van der Waals surface area contributed by atoms with Crippen molar-refractivity contribution >= 4 is 25.7 Å². The van der Waals surface area contributed by atoms with E-state index in [9.17, 15) is 24.0 Å². The summed E-state index contributed by atoms with van der Waals surface area (Å²) in [6.45, 7) is 11.1. The number of aliphatic hydroxyl groups is 1. The second-order valence-corrected chi connectivity index (χ2v) is 15.5. The van der Waals surface area contributed by atoms with Crippen LogP contribution in [0.25, 0.3) is 0 Å². The summed E-state index contributed by atoms with van der Waals surface area (Å²) in [5.41, 5.74) is -0.460. The first-order valence-electron chi connectivity index (χ1n) is 12.2. The molecule has 0 saturated heterocycles. The average Bonchev–Trinajstić information content (AvgIpc) is 3.20. The maximum absolute atomic E-state index is 15.1. The first-order chi connectivity index (χ1) is 18.0. The molecular formula is C24H35ClF3N3O7Si. The molecule has 3 atom stereocenters. The molecule has 1 aromatic heterocycles. The Kier molecular flexibility index (Phi) is 11.3. The highest BCUT2D eigenvalue weighted by atomic mass is 35.5. The monoisotopic (exact) mass is 597 g/mol. The molecule has 10 nitrogen and oxygen atoms in total. The van der Waals surface area contributed by atoms with Gasteiger partial charge in [-0.2, -0.15) is 4.39 Å². The van der Waals surface area contributed by atoms with Crippen molar-refractivity contribution in [3.63, 3.8) is 0 Å². The van der Waals surface area contributed by atoms with Crippen molar-refractivity contribution in [3.05, 3.63) is 50.7 Å². The van der Waals surface area contributed by atoms with Gasteiger partial charge in [-0.25, -0.2) is 8.78 Å². The summed E-state index contributed by atoms with van der Waals surface area (Å²) < 4.78 is 67.5. The van der Waals surface area contributed by atoms with Crippen LogP contribution >= 0.6 is 11.6 Å². The van der Waals surface area contributed by atoms with Gasteiger partial charge in [0.15, 0.2) is 25.7 Å². The number of rotatable bonds is 14. The van der Waals surface area contributed by atoms with E-state index in [1.807, 2.05) is 33.9 Å². The van der Waals surface area contributed by atoms with Gasteiger partial charge in [-0.3, -0.25) is 4.57 Å². The third-order valence-electron chi connectivity index (χ3n) is 6.67. The number of halogens is 4. The minimum atomic E-state index is -2.61. The molecule has 39 heavy (non-hydrogen) atoms. The van der Waals surface area contributed by atoms with Crippen molar-refractivity contribution < 1.29 is 41.8 Å². The molecule has 1 aromatic carbocycles. The van der Waals surface area contributed by atoms with Crippen LogP contribution in [0.4, 0.5) is 19.0 Å². The molecule has 0 bridgehead atoms. The summed E-state index contributed by atoms with van der Waals surface area (Å²) in [6, 6.07) is 0.764. The summed E-state index contributed by atoms with van der Waals surface area (Å²) >= 11 is 6.03. The fourth-order valence-corrected chi connectivity index (χ4v) is 5.05. The number of ether oxygens (including phenoxy) is 3. The molecule has 0 aliphatic rings. The Morgan fingerprint density at radius 1 is 1.26 bits per heavy atom. The largest absolute Gasteiger partial charge is 0.491 e. The zero-order valence-electron chi connectivity index (χ0n) is 23.0. The molecule has 2 aromatic rings. The number of hydrogen-bond donors (Lipinski definition) is 1. The lowest BCUT2D eigenvalue weighted by Crippen LogP contribution is -2.48. The minimum absolute atomic E-state index is 0.235. The highest BCUT2D eigenvalue weighted by molar-refractivity contribution is 6.74. The van der Waals surface area contributed by atoms with Crippen LogP contribution in [0.15, 0.2) is 12.3 Å². The second kappa shape index (κ2) is 13.4. The molecule has 1 unspecified atom stereocenters. The van der Waals surface area contributed by atoms with Crippen LogP contribution in [-0.2, 0) is 20.4 Å². The van der Waals surface area contributed by atoms with Crippen LogP contribution in [0.1, 0.15) is 45.8 Å². The minimum Gasteiger partial charge on any atom is -0.491 e. The van der Waals surface area contributed by atoms with E-state index in [1.54, 1.807) is 6.92 Å². The lowest BCUT2D eigenvalue weighted by molar-refractivity contribution is -0.389. The first kappa shape index (κ1) is 33.0. The average molecular weight is 598 g/mol. The van der Waals surface area contributed by atoms with Gasteiger partial charge in [0.1, 0.15) is 13.0 Å². The number of benzene rings is 1. The molecule has 1 N–H and O–H groups in total. The summed E-state index contributed by atoms with van der Waals surface area (Å²) in [6.07, 6.45) is -2.95. The van der Waals surface area contributed by atoms with Gasteiger partial charge >= 0.3 is 11.1 Å². The third-order valence-corrected chi connectivity index (χ3v) is 11.5. The first-order valence-corrected chi connectivity index (χ1v) is 15.5. The summed E-state index contributed by atoms with van der Waals surface area (Å²) in [4.78, 5) is 14.0. The van der Waals surface area contributed by atoms with Crippen molar-refractivity contribution in [1.29, 1.82) is 0 Å². The number of aliphatic hydroxyl groups excluding tert-OH is 1. The van der Waals surface area contributed by atoms with E-state index in [0.717, 1.165) is 19.4 Å². The van der Waals surface area contributed by atoms with Crippen LogP contribution in [0.3, 0.4) is 0 Å². The van der Waals surface area contributed by atoms with E-state index in [0.29, 0.717) is 0 Å². The van der Waals surface area contributed by atoms with Gasteiger partial charge in [-0.15, -0.1) is 0 Å². The SMILES string of the molecule is CCOCOC(C[C@H](O[Si](C)(C)C(C)(C)C)[C@@H](O)Cn1cc([N+](=O)[O-])nc1Cl)c1cc(F)c(OC)c(F)c1F. The highest BCUT2D eigenvalue weighted by Crippen LogP contribution is 2.40. The van der Waals surface area contributed by atoms with Crippen molar-refractivity contribution in [2.24, 2.45) is 0 Å². The topological polar surface area (TPSA) is 118 Å². The van der Waals surface area contributed by atoms with Gasteiger partial charge in [-0.1, -0.05) is 20.8 Å². The normalized spacial score (nSPS) is 14.8. The zero-order valence-corrected chi connectivity index (χ0v) is 24.7. The Labute approximate surface area is 231 Å². The predicted octanol–water partition coefficient (Wildman–Crippen LogP) is 5.76. The van der Waals surface area contributed by atoms with Crippen LogP contribution in [0, 0.1) is 27.6 Å². The molecule has 0 aliphatic heterocycles. The van der Waals surface area contributed by atoms with E-state index < -0.39 is 66.1 Å². The Bertz CT molecular complexity index is 1150. The lowest BCUT2D eigenvalue weighted by Gasteiger charge is -2.41. The van der Waals surface area contributed by atoms with Gasteiger partial charge in [0.25, 0.3) is 0 Å². The number of nitro groups is 1. The molecule has 0 fully saturated rings. The number of methoxy groups -OCH3 is 1. The van der Waals surface area contributed by atoms with Gasteiger partial charge in [-0.05, 0) is 52.6 Å². The Balaban J connectivity index is 2.53. The van der Waals surface area contributed by atoms with E-state index in [1.165, 1.54) is 4.57 Å². The van der Waals surface area contributed by atoms with Crippen molar-refractivity contribution in [2.45, 2.75) is 77.1 Å². The fourth-order valence-electron chi connectivity index (χ4n) is 3.48. The van der Waals surface area contributed by atoms with Crippen molar-refractivity contribution in [2.75, 3.05) is 20.5 Å². The van der Waals surface area contributed by atoms with Crippen molar-refractivity contribution in [1.82, 2.24) is 9.55 Å². The number of imidazole rings is 1. The fraction of sp³-hybridized carbons (Fsp3) is 0.625. The molecule has 0 radical (unpaired) electrons. The molecule has 0 amide bonds. The molecule has 0 spiro atoms. The molecule has 1 heterocycles. The van der Waals surface area contributed by atoms with Crippen LogP contribution < -0.4 is 4.74 Å². The summed E-state index contributed by atoms with van der Waals surface area (Å²) in [5, 5.41) is 21.8. The van der Waals surface area contributed by atoms with E-state index in [-0.39, 0.29) is 36.7 Å². The second-order valence-electron chi connectivity index (χ2n) is 10.4. The lowest BCUT2D eigenvalue weighted by atomic mass is 9.99. The maximum atomic E-state index is 15.1. The third kappa shape index (κ3) is 8.14. The zero-order chi connectivity index (χ0) is 29.7. The van der Waals surface area contributed by atoms with Crippen molar-refractivity contribution in [3.8, 4) is 5.75 Å². The number of nitrogens with zero attached hydrogens (tertiary/aromatic N) is 3. The Morgan fingerprint density at radius 3 is 2.41 bits per heavy atom. The standard InChI is InChI=1S/C24H35ClF3N3O7Si/c1-8-36-13-37-17(14-9-15(26)22(35-5)21(28)20(14)27)10-18(38-39(6,7)24(2,3)4)16(32)11-30-12-19(31(33)34)29-23(30)25/h9,12,16-18,32H,8,10-11,13H2,1-7H3/t16-,17?,18-/m0/s1. The number of hydrogen-bond acceptors (Lipinski definition) is 8. The summed E-state index contributed by atoms with van der Waals surface area (Å²) in [5.74, 6) is -5.46. The smallest absolute Gasteiger partial charge is 0.383 e. The van der Waals surface area contributed by atoms with Gasteiger partial charge in [0, 0.05) is 18.6 Å². The summed E-state index contributed by atoms with van der Waals surface area (Å²) in [7, 11) is -1.60. The molecular weight excluding hydrogens is 563 g/mol. The molecule has 2 rings (SSSR count). The van der Waals surface area contributed by atoms with Gasteiger partial charge in [0.2, 0.25) is 5.82 Å². The highest BCUT2D eigenvalue weighted by Gasteiger charge is 2.42. The predicted molar refractivity (Wildman–Crippen MR) is 140 cm³/mol. The van der Waals surface area contributed by atoms with Crippen LogP contribution in [-0.4, -0.2) is 60.6 Å². The molecule has 220 valence electrons. The van der Waals surface area contributed by atoms with E-state index in [4.69, 9.17) is 25.5 Å². The van der Waals surface area contributed by atoms with Gasteiger partial charge in [0.05, 0.1) is 32.0 Å². The van der Waals surface area contributed by atoms with Gasteiger partial charge < -0.3 is 33.9 Å². The van der Waals surface area contributed by atoms with E-state index >= 15 is 4.39 Å². The Hall–Kier alpha value is -2.23. The quantitative estimate of drug-likeness (QED) is 0.0729. The maximum Gasteiger partial charge on any atom is 0.383 e. The molecule has 0 saturated carbocycles. The Morgan fingerprint density at radius 2 is 1.90 bits per heavy atom. The van der Waals surface area contributed by atoms with Crippen LogP contribution in [0.5, 0.6) is 5.75 Å².